The number of hydrogen-bond acceptors (Lipinski definition) is 7. The van der Waals surface area contributed by atoms with Gasteiger partial charge in [-0.15, -0.1) is 0 Å². The van der Waals surface area contributed by atoms with Gasteiger partial charge >= 0.3 is 0 Å². The van der Waals surface area contributed by atoms with Gasteiger partial charge in [-0.3, -0.25) is 0 Å². The van der Waals surface area contributed by atoms with E-state index >= 15 is 0 Å². The maximum absolute atomic E-state index is 12.8. The zero-order valence-corrected chi connectivity index (χ0v) is 19.1. The van der Waals surface area contributed by atoms with Crippen LogP contribution in [0.4, 0.5) is 0 Å². The van der Waals surface area contributed by atoms with Gasteiger partial charge in [0.1, 0.15) is 11.5 Å². The van der Waals surface area contributed by atoms with Crippen LogP contribution in [0.2, 0.25) is 0 Å². The third-order valence-electron chi connectivity index (χ3n) is 4.08. The van der Waals surface area contributed by atoms with E-state index < -0.39 is 10.0 Å². The molecular formula is C19H20IN3O5S. The average Bonchev–Trinajstić information content (AvgIpc) is 3.17. The van der Waals surface area contributed by atoms with E-state index in [0.29, 0.717) is 21.8 Å². The molecule has 0 radical (unpaired) electrons. The Bertz CT molecular complexity index is 1080. The summed E-state index contributed by atoms with van der Waals surface area (Å²) >= 11 is 2.03. The van der Waals surface area contributed by atoms with Crippen LogP contribution in [0.5, 0.6) is 11.5 Å². The topological polar surface area (TPSA) is 94.8 Å². The maximum Gasteiger partial charge on any atom is 0.243 e. The molecule has 1 heterocycles. The second kappa shape index (κ2) is 9.09. The summed E-state index contributed by atoms with van der Waals surface area (Å²) in [5.74, 6) is 1.94. The fourth-order valence-corrected chi connectivity index (χ4v) is 4.66. The van der Waals surface area contributed by atoms with Crippen LogP contribution in [-0.4, -0.2) is 43.6 Å². The lowest BCUT2D eigenvalue weighted by Crippen LogP contribution is -2.26. The minimum Gasteiger partial charge on any atom is -0.496 e. The van der Waals surface area contributed by atoms with E-state index in [1.165, 1.54) is 24.5 Å². The van der Waals surface area contributed by atoms with Crippen LogP contribution in [0, 0.1) is 3.57 Å². The molecule has 0 aliphatic carbocycles. The van der Waals surface area contributed by atoms with E-state index in [1.54, 1.807) is 12.1 Å². The van der Waals surface area contributed by atoms with Gasteiger partial charge in [-0.1, -0.05) is 5.16 Å². The highest BCUT2D eigenvalue weighted by atomic mass is 127. The number of ether oxygens (including phenoxy) is 2. The van der Waals surface area contributed by atoms with Crippen molar-refractivity contribution in [3.8, 4) is 22.9 Å². The van der Waals surface area contributed by atoms with E-state index in [-0.39, 0.29) is 17.3 Å². The number of methoxy groups -OCH3 is 1. The highest BCUT2D eigenvalue weighted by Crippen LogP contribution is 2.26. The normalized spacial score (nSPS) is 11.6. The fraction of sp³-hybridized carbons (Fsp3) is 0.263. The van der Waals surface area contributed by atoms with Crippen LogP contribution in [0.25, 0.3) is 11.4 Å². The van der Waals surface area contributed by atoms with Crippen molar-refractivity contribution in [1.29, 1.82) is 0 Å². The first-order valence-corrected chi connectivity index (χ1v) is 11.2. The number of hydrogen-bond donors (Lipinski definition) is 0. The van der Waals surface area contributed by atoms with Crippen LogP contribution in [0.1, 0.15) is 12.8 Å². The van der Waals surface area contributed by atoms with Crippen molar-refractivity contribution in [2.45, 2.75) is 18.4 Å². The van der Waals surface area contributed by atoms with Crippen molar-refractivity contribution in [2.75, 3.05) is 20.8 Å². The molecule has 0 saturated heterocycles. The molecule has 3 aromatic rings. The van der Waals surface area contributed by atoms with Gasteiger partial charge in [-0.05, 0) is 72.0 Å². The molecule has 10 heteroatoms. The van der Waals surface area contributed by atoms with Crippen LogP contribution in [-0.2, 0) is 16.6 Å². The molecule has 0 amide bonds. The van der Waals surface area contributed by atoms with Crippen LogP contribution < -0.4 is 9.47 Å². The van der Waals surface area contributed by atoms with Gasteiger partial charge in [0, 0.05) is 12.6 Å². The van der Waals surface area contributed by atoms with Crippen LogP contribution >= 0.6 is 22.6 Å². The first kappa shape index (κ1) is 21.5. The fourth-order valence-electron chi connectivity index (χ4n) is 2.57. The molecular weight excluding hydrogens is 509 g/mol. The molecule has 0 unspecified atom stereocenters. The number of nitrogens with zero attached hydrogens (tertiary/aromatic N) is 3. The molecule has 154 valence electrons. The summed E-state index contributed by atoms with van der Waals surface area (Å²) in [6.45, 7) is 2.45. The molecule has 0 aliphatic heterocycles. The van der Waals surface area contributed by atoms with Gasteiger partial charge in [0.05, 0.1) is 28.7 Å². The second-order valence-corrected chi connectivity index (χ2v) is 9.23. The number of halogens is 1. The number of benzene rings is 2. The molecule has 0 spiro atoms. The van der Waals surface area contributed by atoms with Gasteiger partial charge in [-0.25, -0.2) is 8.42 Å². The van der Waals surface area contributed by atoms with Gasteiger partial charge in [0.15, 0.2) is 0 Å². The Kier molecular flexibility index (Phi) is 6.75. The molecule has 0 bridgehead atoms. The van der Waals surface area contributed by atoms with Gasteiger partial charge < -0.3 is 14.0 Å². The number of aromatic nitrogens is 2. The van der Waals surface area contributed by atoms with Crippen molar-refractivity contribution >= 4 is 32.6 Å². The minimum atomic E-state index is -3.72. The lowest BCUT2D eigenvalue weighted by molar-refractivity contribution is 0.336. The quantitative estimate of drug-likeness (QED) is 0.412. The van der Waals surface area contributed by atoms with E-state index in [4.69, 9.17) is 14.0 Å². The predicted octanol–water partition coefficient (Wildman–Crippen LogP) is 3.57. The second-order valence-electron chi connectivity index (χ2n) is 6.03. The minimum absolute atomic E-state index is 0.0467. The summed E-state index contributed by atoms with van der Waals surface area (Å²) in [6, 6.07) is 12.0. The molecule has 0 aliphatic rings. The van der Waals surface area contributed by atoms with Crippen LogP contribution in [0.15, 0.2) is 51.9 Å². The first-order chi connectivity index (χ1) is 13.8. The molecule has 0 N–H and O–H groups in total. The molecule has 1 aromatic heterocycles. The summed E-state index contributed by atoms with van der Waals surface area (Å²) in [7, 11) is -0.721. The lowest BCUT2D eigenvalue weighted by atomic mass is 10.2. The van der Waals surface area contributed by atoms with Crippen LogP contribution in [0.3, 0.4) is 0 Å². The van der Waals surface area contributed by atoms with E-state index in [2.05, 4.69) is 10.1 Å². The summed E-state index contributed by atoms with van der Waals surface area (Å²) in [5, 5.41) is 3.94. The summed E-state index contributed by atoms with van der Waals surface area (Å²) in [4.78, 5) is 4.47. The van der Waals surface area contributed by atoms with Gasteiger partial charge in [0.2, 0.25) is 21.7 Å². The highest BCUT2D eigenvalue weighted by molar-refractivity contribution is 14.1. The Morgan fingerprint density at radius 2 is 1.90 bits per heavy atom. The monoisotopic (exact) mass is 529 g/mol. The zero-order valence-electron chi connectivity index (χ0n) is 16.1. The molecule has 2 aromatic carbocycles. The summed E-state index contributed by atoms with van der Waals surface area (Å²) in [5.41, 5.74) is 0.749. The Labute approximate surface area is 183 Å². The van der Waals surface area contributed by atoms with Crippen molar-refractivity contribution in [3.05, 3.63) is 51.9 Å². The van der Waals surface area contributed by atoms with E-state index in [0.717, 1.165) is 11.3 Å². The first-order valence-electron chi connectivity index (χ1n) is 8.71. The summed E-state index contributed by atoms with van der Waals surface area (Å²) in [6.07, 6.45) is 0. The largest absolute Gasteiger partial charge is 0.496 e. The summed E-state index contributed by atoms with van der Waals surface area (Å²) < 4.78 is 43.4. The standard InChI is InChI=1S/C19H20IN3O5S/c1-4-27-14-7-5-13(6-8-14)19-21-18(28-22-19)12-23(2)29(24,25)15-9-10-17(26-3)16(20)11-15/h5-11H,4,12H2,1-3H3. The van der Waals surface area contributed by atoms with Gasteiger partial charge in [0.25, 0.3) is 0 Å². The molecule has 0 atom stereocenters. The third-order valence-corrected chi connectivity index (χ3v) is 6.72. The number of sulfonamides is 1. The van der Waals surface area contributed by atoms with E-state index in [9.17, 15) is 8.42 Å². The maximum atomic E-state index is 12.8. The van der Waals surface area contributed by atoms with Crippen molar-refractivity contribution in [2.24, 2.45) is 0 Å². The zero-order chi connectivity index (χ0) is 21.0. The third kappa shape index (κ3) is 4.87. The Balaban J connectivity index is 1.75. The van der Waals surface area contributed by atoms with Crippen molar-refractivity contribution in [1.82, 2.24) is 14.4 Å². The van der Waals surface area contributed by atoms with E-state index in [1.807, 2.05) is 53.8 Å². The molecule has 3 rings (SSSR count). The Hall–Kier alpha value is -2.18. The smallest absolute Gasteiger partial charge is 0.243 e. The Morgan fingerprint density at radius 1 is 1.17 bits per heavy atom. The lowest BCUT2D eigenvalue weighted by Gasteiger charge is -2.15. The van der Waals surface area contributed by atoms with Crippen molar-refractivity contribution < 1.29 is 22.4 Å². The van der Waals surface area contributed by atoms with Crippen molar-refractivity contribution in [3.63, 3.8) is 0 Å². The Morgan fingerprint density at radius 3 is 2.52 bits per heavy atom. The average molecular weight is 529 g/mol. The SMILES string of the molecule is CCOc1ccc(-c2noc(CN(C)S(=O)(=O)c3ccc(OC)c(I)c3)n2)cc1. The highest BCUT2D eigenvalue weighted by Gasteiger charge is 2.24. The molecule has 29 heavy (non-hydrogen) atoms. The van der Waals surface area contributed by atoms with Gasteiger partial charge in [-0.2, -0.15) is 9.29 Å². The molecule has 0 saturated carbocycles. The molecule has 0 fully saturated rings. The predicted molar refractivity (Wildman–Crippen MR) is 115 cm³/mol. The molecule has 8 nitrogen and oxygen atoms in total. The number of rotatable bonds is 8.